The van der Waals surface area contributed by atoms with Gasteiger partial charge >= 0.3 is 11.9 Å². The fraction of sp³-hybridized carbons (Fsp3) is 0.650. The first-order valence-corrected chi connectivity index (χ1v) is 18.2. The SMILES string of the molecule is CCCCCCCCCCCCCCCCCCC(=O)Oc1ccc(-c2ccc(C(=O)OC(C)CCCCCC)cc2)cc1. The molecule has 2 aromatic carbocycles. The molecule has 2 rings (SSSR count). The van der Waals surface area contributed by atoms with Crippen molar-refractivity contribution < 1.29 is 19.1 Å². The van der Waals surface area contributed by atoms with Gasteiger partial charge in [0.15, 0.2) is 0 Å². The maximum absolute atomic E-state index is 12.5. The summed E-state index contributed by atoms with van der Waals surface area (Å²) in [4.78, 5) is 24.8. The average molecular weight is 607 g/mol. The molecule has 0 aliphatic heterocycles. The monoisotopic (exact) mass is 606 g/mol. The highest BCUT2D eigenvalue weighted by molar-refractivity contribution is 5.90. The van der Waals surface area contributed by atoms with E-state index in [1.54, 1.807) is 0 Å². The number of carbonyl (C=O) groups is 2. The molecule has 0 saturated carbocycles. The van der Waals surface area contributed by atoms with Gasteiger partial charge in [0.1, 0.15) is 5.75 Å². The Morgan fingerprint density at radius 3 is 1.43 bits per heavy atom. The lowest BCUT2D eigenvalue weighted by Gasteiger charge is -2.13. The first kappa shape index (κ1) is 37.6. The quantitative estimate of drug-likeness (QED) is 0.0607. The summed E-state index contributed by atoms with van der Waals surface area (Å²) in [5.74, 6) is 0.139. The molecule has 1 atom stereocenters. The summed E-state index contributed by atoms with van der Waals surface area (Å²) >= 11 is 0. The Morgan fingerprint density at radius 2 is 0.955 bits per heavy atom. The number of hydrogen-bond acceptors (Lipinski definition) is 4. The Labute approximate surface area is 269 Å². The summed E-state index contributed by atoms with van der Waals surface area (Å²) in [7, 11) is 0. The Balaban J connectivity index is 1.53. The molecule has 4 nitrogen and oxygen atoms in total. The Hall–Kier alpha value is -2.62. The number of rotatable bonds is 26. The minimum atomic E-state index is -0.272. The molecule has 0 aromatic heterocycles. The van der Waals surface area contributed by atoms with Gasteiger partial charge in [-0.2, -0.15) is 0 Å². The molecule has 0 heterocycles. The van der Waals surface area contributed by atoms with Gasteiger partial charge in [0.05, 0.1) is 11.7 Å². The van der Waals surface area contributed by atoms with Crippen molar-refractivity contribution in [1.29, 1.82) is 0 Å². The first-order chi connectivity index (χ1) is 21.5. The second-order valence-electron chi connectivity index (χ2n) is 12.7. The number of carbonyl (C=O) groups excluding carboxylic acids is 2. The summed E-state index contributed by atoms with van der Waals surface area (Å²) in [6.07, 6.45) is 27.1. The number of unbranched alkanes of at least 4 members (excludes halogenated alkanes) is 18. The maximum atomic E-state index is 12.5. The third kappa shape index (κ3) is 17.6. The van der Waals surface area contributed by atoms with Crippen molar-refractivity contribution >= 4 is 11.9 Å². The van der Waals surface area contributed by atoms with E-state index in [9.17, 15) is 9.59 Å². The molecule has 0 radical (unpaired) electrons. The van der Waals surface area contributed by atoms with Crippen LogP contribution in [-0.4, -0.2) is 18.0 Å². The molecule has 0 amide bonds. The van der Waals surface area contributed by atoms with E-state index >= 15 is 0 Å². The van der Waals surface area contributed by atoms with Gasteiger partial charge in [-0.05, 0) is 61.6 Å². The van der Waals surface area contributed by atoms with Crippen LogP contribution < -0.4 is 4.74 Å². The lowest BCUT2D eigenvalue weighted by atomic mass is 10.0. The molecule has 0 bridgehead atoms. The van der Waals surface area contributed by atoms with Crippen LogP contribution in [0, 0.1) is 0 Å². The molecule has 1 unspecified atom stereocenters. The summed E-state index contributed by atoms with van der Waals surface area (Å²) in [6, 6.07) is 15.1. The largest absolute Gasteiger partial charge is 0.459 e. The van der Waals surface area contributed by atoms with E-state index in [1.165, 1.54) is 109 Å². The Kier molecular flexibility index (Phi) is 21.1. The van der Waals surface area contributed by atoms with Crippen LogP contribution >= 0.6 is 0 Å². The van der Waals surface area contributed by atoms with Crippen LogP contribution in [0.4, 0.5) is 0 Å². The van der Waals surface area contributed by atoms with E-state index < -0.39 is 0 Å². The van der Waals surface area contributed by atoms with Crippen molar-refractivity contribution in [2.45, 2.75) is 168 Å². The van der Waals surface area contributed by atoms with E-state index in [2.05, 4.69) is 13.8 Å². The highest BCUT2D eigenvalue weighted by atomic mass is 16.5. The van der Waals surface area contributed by atoms with Crippen molar-refractivity contribution in [3.05, 3.63) is 54.1 Å². The van der Waals surface area contributed by atoms with Crippen molar-refractivity contribution in [2.75, 3.05) is 0 Å². The standard InChI is InChI=1S/C40H62O4/c1-4-6-8-10-11-12-13-14-15-16-17-18-19-20-21-23-25-39(41)44-38-32-30-36(31-33-38)35-26-28-37(29-27-35)40(42)43-34(3)24-22-9-7-5-2/h26-34H,4-25H2,1-3H3. The zero-order valence-electron chi connectivity index (χ0n) is 28.4. The number of hydrogen-bond donors (Lipinski definition) is 0. The first-order valence-electron chi connectivity index (χ1n) is 18.2. The number of ether oxygens (including phenoxy) is 2. The van der Waals surface area contributed by atoms with Gasteiger partial charge in [-0.3, -0.25) is 4.79 Å². The molecule has 0 spiro atoms. The number of esters is 2. The van der Waals surface area contributed by atoms with Crippen molar-refractivity contribution in [3.63, 3.8) is 0 Å². The Morgan fingerprint density at radius 1 is 0.545 bits per heavy atom. The topological polar surface area (TPSA) is 52.6 Å². The van der Waals surface area contributed by atoms with Crippen LogP contribution in [0.3, 0.4) is 0 Å². The van der Waals surface area contributed by atoms with Gasteiger partial charge < -0.3 is 9.47 Å². The van der Waals surface area contributed by atoms with Crippen LogP contribution in [-0.2, 0) is 9.53 Å². The molecule has 0 aliphatic rings. The van der Waals surface area contributed by atoms with Gasteiger partial charge in [0.25, 0.3) is 0 Å². The van der Waals surface area contributed by atoms with Gasteiger partial charge in [0.2, 0.25) is 0 Å². The van der Waals surface area contributed by atoms with Gasteiger partial charge in [-0.25, -0.2) is 4.79 Å². The molecule has 4 heteroatoms. The number of benzene rings is 2. The summed E-state index contributed by atoms with van der Waals surface area (Å²) < 4.78 is 11.2. The highest BCUT2D eigenvalue weighted by Gasteiger charge is 2.12. The smallest absolute Gasteiger partial charge is 0.338 e. The predicted octanol–water partition coefficient (Wildman–Crippen LogP) is 12.4. The second kappa shape index (κ2) is 24.7. The summed E-state index contributed by atoms with van der Waals surface area (Å²) in [6.45, 7) is 6.44. The molecule has 0 saturated heterocycles. The van der Waals surface area contributed by atoms with Crippen LogP contribution in [0.1, 0.15) is 172 Å². The molecular formula is C40H62O4. The molecule has 0 aliphatic carbocycles. The highest BCUT2D eigenvalue weighted by Crippen LogP contribution is 2.24. The normalized spacial score (nSPS) is 11.8. The second-order valence-corrected chi connectivity index (χ2v) is 12.7. The van der Waals surface area contributed by atoms with E-state index in [-0.39, 0.29) is 18.0 Å². The van der Waals surface area contributed by atoms with E-state index in [0.717, 1.165) is 36.8 Å². The third-order valence-corrected chi connectivity index (χ3v) is 8.55. The van der Waals surface area contributed by atoms with Crippen LogP contribution in [0.5, 0.6) is 5.75 Å². The maximum Gasteiger partial charge on any atom is 0.338 e. The van der Waals surface area contributed by atoms with E-state index in [4.69, 9.17) is 9.47 Å². The minimum Gasteiger partial charge on any atom is -0.459 e. The molecular weight excluding hydrogens is 544 g/mol. The fourth-order valence-corrected chi connectivity index (χ4v) is 5.68. The van der Waals surface area contributed by atoms with Crippen molar-refractivity contribution in [3.8, 4) is 16.9 Å². The Bertz CT molecular complexity index is 995. The van der Waals surface area contributed by atoms with Crippen LogP contribution in [0.15, 0.2) is 48.5 Å². The van der Waals surface area contributed by atoms with Gasteiger partial charge in [0, 0.05) is 6.42 Å². The molecule has 2 aromatic rings. The van der Waals surface area contributed by atoms with Crippen molar-refractivity contribution in [1.82, 2.24) is 0 Å². The van der Waals surface area contributed by atoms with Crippen LogP contribution in [0.2, 0.25) is 0 Å². The summed E-state index contributed by atoms with van der Waals surface area (Å²) in [5, 5.41) is 0. The lowest BCUT2D eigenvalue weighted by Crippen LogP contribution is -2.15. The fourth-order valence-electron chi connectivity index (χ4n) is 5.68. The summed E-state index contributed by atoms with van der Waals surface area (Å²) in [5.41, 5.74) is 2.57. The predicted molar refractivity (Wildman–Crippen MR) is 185 cm³/mol. The zero-order chi connectivity index (χ0) is 31.7. The van der Waals surface area contributed by atoms with Crippen LogP contribution in [0.25, 0.3) is 11.1 Å². The van der Waals surface area contributed by atoms with E-state index in [0.29, 0.717) is 17.7 Å². The molecule has 44 heavy (non-hydrogen) atoms. The minimum absolute atomic E-state index is 0.0710. The van der Waals surface area contributed by atoms with Gasteiger partial charge in [-0.1, -0.05) is 154 Å². The molecule has 0 fully saturated rings. The third-order valence-electron chi connectivity index (χ3n) is 8.55. The molecule has 0 N–H and O–H groups in total. The zero-order valence-corrected chi connectivity index (χ0v) is 28.4. The molecule has 246 valence electrons. The van der Waals surface area contributed by atoms with E-state index in [1.807, 2.05) is 55.5 Å². The average Bonchev–Trinajstić information content (AvgIpc) is 3.03. The van der Waals surface area contributed by atoms with Gasteiger partial charge in [-0.15, -0.1) is 0 Å². The lowest BCUT2D eigenvalue weighted by molar-refractivity contribution is -0.134. The van der Waals surface area contributed by atoms with Crippen molar-refractivity contribution in [2.24, 2.45) is 0 Å².